The van der Waals surface area contributed by atoms with Gasteiger partial charge in [-0.15, -0.1) is 0 Å². The van der Waals surface area contributed by atoms with Crippen LogP contribution in [0.1, 0.15) is 5.76 Å². The van der Waals surface area contributed by atoms with Crippen molar-refractivity contribution in [3.63, 3.8) is 0 Å². The third-order valence-corrected chi connectivity index (χ3v) is 3.63. The lowest BCUT2D eigenvalue weighted by Crippen LogP contribution is -2.13. The Kier molecular flexibility index (Phi) is 3.52. The molecule has 0 saturated heterocycles. The Morgan fingerprint density at radius 2 is 1.95 bits per heavy atom. The number of rotatable bonds is 5. The van der Waals surface area contributed by atoms with Crippen molar-refractivity contribution >= 4 is 27.9 Å². The smallest absolute Gasteiger partial charge is 0.263 e. The van der Waals surface area contributed by atoms with Crippen molar-refractivity contribution in [2.24, 2.45) is 0 Å². The highest BCUT2D eigenvalue weighted by molar-refractivity contribution is 7.92. The SMILES string of the molecule is Cc1cc(NS(=O)(=O)c2ccc(NC=O)cc2)no1. The summed E-state index contributed by atoms with van der Waals surface area (Å²) < 4.78 is 31.1. The van der Waals surface area contributed by atoms with Crippen molar-refractivity contribution in [1.82, 2.24) is 5.16 Å². The molecule has 1 aromatic carbocycles. The van der Waals surface area contributed by atoms with E-state index in [0.717, 1.165) is 0 Å². The lowest BCUT2D eigenvalue weighted by atomic mass is 10.3. The van der Waals surface area contributed by atoms with Gasteiger partial charge in [-0.1, -0.05) is 5.16 Å². The van der Waals surface area contributed by atoms with Gasteiger partial charge >= 0.3 is 0 Å². The van der Waals surface area contributed by atoms with E-state index >= 15 is 0 Å². The summed E-state index contributed by atoms with van der Waals surface area (Å²) in [6.45, 7) is 1.66. The van der Waals surface area contributed by atoms with Crippen LogP contribution >= 0.6 is 0 Å². The largest absolute Gasteiger partial charge is 0.360 e. The molecule has 0 spiro atoms. The van der Waals surface area contributed by atoms with E-state index in [0.29, 0.717) is 17.9 Å². The zero-order valence-electron chi connectivity index (χ0n) is 9.95. The van der Waals surface area contributed by atoms with Gasteiger partial charge in [0.1, 0.15) is 5.76 Å². The number of anilines is 2. The normalized spacial score (nSPS) is 11.0. The quantitative estimate of drug-likeness (QED) is 0.805. The summed E-state index contributed by atoms with van der Waals surface area (Å²) in [5.74, 6) is 0.621. The molecule has 0 aliphatic carbocycles. The number of aryl methyl sites for hydroxylation is 1. The van der Waals surface area contributed by atoms with E-state index in [1.54, 1.807) is 6.92 Å². The number of nitrogens with one attached hydrogen (secondary N) is 2. The topological polar surface area (TPSA) is 101 Å². The van der Waals surface area contributed by atoms with Crippen LogP contribution in [0.15, 0.2) is 39.8 Å². The van der Waals surface area contributed by atoms with Gasteiger partial charge in [0.15, 0.2) is 5.82 Å². The van der Waals surface area contributed by atoms with Gasteiger partial charge in [0.05, 0.1) is 4.90 Å². The minimum atomic E-state index is -3.72. The fourth-order valence-corrected chi connectivity index (χ4v) is 2.39. The molecule has 0 radical (unpaired) electrons. The lowest BCUT2D eigenvalue weighted by molar-refractivity contribution is -0.105. The van der Waals surface area contributed by atoms with E-state index in [-0.39, 0.29) is 10.7 Å². The van der Waals surface area contributed by atoms with Gasteiger partial charge in [-0.25, -0.2) is 8.42 Å². The molecule has 2 rings (SSSR count). The van der Waals surface area contributed by atoms with E-state index in [1.807, 2.05) is 0 Å². The maximum Gasteiger partial charge on any atom is 0.263 e. The molecule has 8 heteroatoms. The lowest BCUT2D eigenvalue weighted by Gasteiger charge is -2.05. The van der Waals surface area contributed by atoms with Crippen LogP contribution in [0.3, 0.4) is 0 Å². The average molecular weight is 281 g/mol. The maximum atomic E-state index is 12.0. The van der Waals surface area contributed by atoms with E-state index in [9.17, 15) is 13.2 Å². The minimum absolute atomic E-state index is 0.0598. The number of hydrogen-bond donors (Lipinski definition) is 2. The highest BCUT2D eigenvalue weighted by Crippen LogP contribution is 2.17. The molecule has 2 aromatic rings. The molecular weight excluding hydrogens is 270 g/mol. The van der Waals surface area contributed by atoms with Crippen LogP contribution in [0.5, 0.6) is 0 Å². The molecule has 0 aliphatic rings. The number of carbonyl (C=O) groups excluding carboxylic acids is 1. The number of hydrogen-bond acceptors (Lipinski definition) is 5. The molecule has 19 heavy (non-hydrogen) atoms. The first-order chi connectivity index (χ1) is 9.01. The summed E-state index contributed by atoms with van der Waals surface area (Å²) in [6, 6.07) is 7.19. The fourth-order valence-electron chi connectivity index (χ4n) is 1.41. The molecule has 1 amide bonds. The minimum Gasteiger partial charge on any atom is -0.360 e. The van der Waals surface area contributed by atoms with Gasteiger partial charge in [-0.2, -0.15) is 0 Å². The third kappa shape index (κ3) is 3.10. The predicted octanol–water partition coefficient (Wildman–Crippen LogP) is 1.35. The molecule has 0 unspecified atom stereocenters. The zero-order chi connectivity index (χ0) is 13.9. The number of amides is 1. The molecule has 0 fully saturated rings. The van der Waals surface area contributed by atoms with Crippen molar-refractivity contribution in [3.05, 3.63) is 36.1 Å². The molecule has 7 nitrogen and oxygen atoms in total. The number of aromatic nitrogens is 1. The molecule has 1 aromatic heterocycles. The number of benzene rings is 1. The summed E-state index contributed by atoms with van der Waals surface area (Å²) in [4.78, 5) is 10.3. The highest BCUT2D eigenvalue weighted by atomic mass is 32.2. The number of sulfonamides is 1. The Hall–Kier alpha value is -2.35. The Labute approximate surface area is 109 Å². The molecule has 100 valence electrons. The van der Waals surface area contributed by atoms with E-state index in [2.05, 4.69) is 15.2 Å². The Morgan fingerprint density at radius 1 is 1.26 bits per heavy atom. The first kappa shape index (κ1) is 13.1. The monoisotopic (exact) mass is 281 g/mol. The van der Waals surface area contributed by atoms with Gasteiger partial charge in [-0.05, 0) is 31.2 Å². The van der Waals surface area contributed by atoms with Crippen LogP contribution in [-0.4, -0.2) is 20.0 Å². The van der Waals surface area contributed by atoms with Gasteiger partial charge in [0.2, 0.25) is 6.41 Å². The highest BCUT2D eigenvalue weighted by Gasteiger charge is 2.15. The number of nitrogens with zero attached hydrogens (tertiary/aromatic N) is 1. The average Bonchev–Trinajstić information content (AvgIpc) is 2.75. The van der Waals surface area contributed by atoms with Gasteiger partial charge in [0.25, 0.3) is 10.0 Å². The van der Waals surface area contributed by atoms with E-state index in [4.69, 9.17) is 4.52 Å². The molecule has 2 N–H and O–H groups in total. The summed E-state index contributed by atoms with van der Waals surface area (Å²) >= 11 is 0. The van der Waals surface area contributed by atoms with Gasteiger partial charge in [0, 0.05) is 11.8 Å². The second-order valence-corrected chi connectivity index (χ2v) is 5.40. The summed E-state index contributed by atoms with van der Waals surface area (Å²) in [7, 11) is -3.72. The van der Waals surface area contributed by atoms with Crippen molar-refractivity contribution in [2.75, 3.05) is 10.0 Å². The Bertz CT molecular complexity index is 676. The van der Waals surface area contributed by atoms with E-state index in [1.165, 1.54) is 30.3 Å². The summed E-state index contributed by atoms with van der Waals surface area (Å²) in [5.41, 5.74) is 0.506. The van der Waals surface area contributed by atoms with Crippen LogP contribution in [-0.2, 0) is 14.8 Å². The standard InChI is InChI=1S/C11H11N3O4S/c1-8-6-11(13-18-8)14-19(16,17)10-4-2-9(3-5-10)12-7-15/h2-7H,1H3,(H,12,15)(H,13,14). The molecule has 0 saturated carbocycles. The van der Waals surface area contributed by atoms with Crippen molar-refractivity contribution < 1.29 is 17.7 Å². The second kappa shape index (κ2) is 5.11. The fraction of sp³-hybridized carbons (Fsp3) is 0.0909. The van der Waals surface area contributed by atoms with Crippen LogP contribution in [0.25, 0.3) is 0 Å². The van der Waals surface area contributed by atoms with Gasteiger partial charge < -0.3 is 9.84 Å². The van der Waals surface area contributed by atoms with E-state index < -0.39 is 10.0 Å². The van der Waals surface area contributed by atoms with Crippen LogP contribution in [0, 0.1) is 6.92 Å². The Balaban J connectivity index is 2.21. The predicted molar refractivity (Wildman–Crippen MR) is 68.2 cm³/mol. The first-order valence-corrected chi connectivity index (χ1v) is 6.76. The van der Waals surface area contributed by atoms with Crippen LogP contribution in [0.4, 0.5) is 11.5 Å². The van der Waals surface area contributed by atoms with Crippen molar-refractivity contribution in [2.45, 2.75) is 11.8 Å². The van der Waals surface area contributed by atoms with Crippen LogP contribution < -0.4 is 10.0 Å². The van der Waals surface area contributed by atoms with Crippen LogP contribution in [0.2, 0.25) is 0 Å². The maximum absolute atomic E-state index is 12.0. The zero-order valence-corrected chi connectivity index (χ0v) is 10.8. The third-order valence-electron chi connectivity index (χ3n) is 2.26. The molecule has 0 atom stereocenters. The molecule has 0 bridgehead atoms. The molecular formula is C11H11N3O4S. The second-order valence-electron chi connectivity index (χ2n) is 3.71. The summed E-state index contributed by atoms with van der Waals surface area (Å²) in [5, 5.41) is 5.97. The Morgan fingerprint density at radius 3 is 2.47 bits per heavy atom. The van der Waals surface area contributed by atoms with Crippen molar-refractivity contribution in [3.8, 4) is 0 Å². The molecule has 0 aliphatic heterocycles. The van der Waals surface area contributed by atoms with Gasteiger partial charge in [-0.3, -0.25) is 9.52 Å². The van der Waals surface area contributed by atoms with Crippen molar-refractivity contribution in [1.29, 1.82) is 0 Å². The first-order valence-electron chi connectivity index (χ1n) is 5.27. The molecule has 1 heterocycles. The number of carbonyl (C=O) groups is 1. The summed E-state index contributed by atoms with van der Waals surface area (Å²) in [6.07, 6.45) is 0.514.